The van der Waals surface area contributed by atoms with Crippen molar-refractivity contribution in [2.45, 2.75) is 6.92 Å². The van der Waals surface area contributed by atoms with E-state index in [0.29, 0.717) is 5.71 Å². The number of para-hydroxylation sites is 1. The van der Waals surface area contributed by atoms with Crippen LogP contribution in [0.1, 0.15) is 6.92 Å². The van der Waals surface area contributed by atoms with Gasteiger partial charge in [-0.3, -0.25) is 10.2 Å². The molecule has 0 spiro atoms. The van der Waals surface area contributed by atoms with Gasteiger partial charge in [0.25, 0.3) is 5.91 Å². The van der Waals surface area contributed by atoms with Gasteiger partial charge in [0, 0.05) is 19.5 Å². The van der Waals surface area contributed by atoms with Crippen molar-refractivity contribution in [1.82, 2.24) is 4.90 Å². The standard InChI is InChI=1S/C12H15N3O/c1-9-8-15(2)12(16)11(9)14-13-10-6-4-3-5-7-10/h3-7,9,13H,8H2,1-2H3. The lowest BCUT2D eigenvalue weighted by Crippen LogP contribution is -2.23. The second-order valence-corrected chi connectivity index (χ2v) is 4.06. The quantitative estimate of drug-likeness (QED) is 0.764. The first-order valence-corrected chi connectivity index (χ1v) is 5.32. The first kappa shape index (κ1) is 10.7. The van der Waals surface area contributed by atoms with Crippen LogP contribution in [0.5, 0.6) is 0 Å². The minimum atomic E-state index is 0.0101. The molecule has 1 heterocycles. The van der Waals surface area contributed by atoms with Gasteiger partial charge in [-0.15, -0.1) is 0 Å². The highest BCUT2D eigenvalue weighted by Gasteiger charge is 2.31. The van der Waals surface area contributed by atoms with Crippen LogP contribution in [-0.2, 0) is 4.79 Å². The maximum atomic E-state index is 11.7. The Kier molecular flexibility index (Phi) is 2.90. The van der Waals surface area contributed by atoms with Gasteiger partial charge in [-0.2, -0.15) is 5.10 Å². The van der Waals surface area contributed by atoms with Crippen LogP contribution in [-0.4, -0.2) is 30.1 Å². The zero-order valence-corrected chi connectivity index (χ0v) is 9.47. The first-order valence-electron chi connectivity index (χ1n) is 5.32. The van der Waals surface area contributed by atoms with Crippen LogP contribution in [0, 0.1) is 5.92 Å². The van der Waals surface area contributed by atoms with Gasteiger partial charge < -0.3 is 4.90 Å². The molecular formula is C12H15N3O. The molecule has 1 aromatic carbocycles. The maximum Gasteiger partial charge on any atom is 0.270 e. The van der Waals surface area contributed by atoms with Crippen molar-refractivity contribution in [3.8, 4) is 0 Å². The monoisotopic (exact) mass is 217 g/mol. The number of nitrogens with zero attached hydrogens (tertiary/aromatic N) is 2. The highest BCUT2D eigenvalue weighted by atomic mass is 16.2. The van der Waals surface area contributed by atoms with Gasteiger partial charge >= 0.3 is 0 Å². The number of hydrazone groups is 1. The fourth-order valence-electron chi connectivity index (χ4n) is 1.78. The summed E-state index contributed by atoms with van der Waals surface area (Å²) in [5.74, 6) is 0.199. The van der Waals surface area contributed by atoms with Crippen molar-refractivity contribution in [2.24, 2.45) is 11.0 Å². The molecule has 4 heteroatoms. The van der Waals surface area contributed by atoms with Gasteiger partial charge in [0.15, 0.2) is 0 Å². The Balaban J connectivity index is 2.11. The molecule has 1 aliphatic rings. The number of carbonyl (C=O) groups is 1. The second-order valence-electron chi connectivity index (χ2n) is 4.06. The third-order valence-electron chi connectivity index (χ3n) is 2.66. The fourth-order valence-corrected chi connectivity index (χ4v) is 1.78. The summed E-state index contributed by atoms with van der Waals surface area (Å²) in [4.78, 5) is 13.4. The molecule has 1 amide bonds. The highest BCUT2D eigenvalue weighted by Crippen LogP contribution is 2.14. The van der Waals surface area contributed by atoms with Crippen LogP contribution in [0.15, 0.2) is 35.4 Å². The van der Waals surface area contributed by atoms with Crippen molar-refractivity contribution in [3.05, 3.63) is 30.3 Å². The number of anilines is 1. The van der Waals surface area contributed by atoms with Crippen molar-refractivity contribution in [3.63, 3.8) is 0 Å². The normalized spacial score (nSPS) is 22.9. The molecule has 0 aliphatic carbocycles. The molecule has 84 valence electrons. The number of likely N-dealkylation sites (tertiary alicyclic amines) is 1. The van der Waals surface area contributed by atoms with Gasteiger partial charge in [-0.1, -0.05) is 25.1 Å². The number of hydrogen-bond acceptors (Lipinski definition) is 3. The van der Waals surface area contributed by atoms with E-state index in [-0.39, 0.29) is 11.8 Å². The van der Waals surface area contributed by atoms with E-state index >= 15 is 0 Å². The number of carbonyl (C=O) groups excluding carboxylic acids is 1. The molecule has 1 saturated heterocycles. The molecule has 0 bridgehead atoms. The molecule has 0 aromatic heterocycles. The second kappa shape index (κ2) is 4.35. The minimum absolute atomic E-state index is 0.0101. The van der Waals surface area contributed by atoms with E-state index < -0.39 is 0 Å². The Hall–Kier alpha value is -1.84. The van der Waals surface area contributed by atoms with Crippen molar-refractivity contribution in [2.75, 3.05) is 19.0 Å². The molecule has 0 radical (unpaired) electrons. The lowest BCUT2D eigenvalue weighted by Gasteiger charge is -2.04. The number of hydrogen-bond donors (Lipinski definition) is 1. The summed E-state index contributed by atoms with van der Waals surface area (Å²) in [7, 11) is 1.80. The highest BCUT2D eigenvalue weighted by molar-refractivity contribution is 6.41. The summed E-state index contributed by atoms with van der Waals surface area (Å²) in [6.07, 6.45) is 0. The molecule has 1 fully saturated rings. The number of benzene rings is 1. The zero-order chi connectivity index (χ0) is 11.5. The first-order chi connectivity index (χ1) is 7.68. The molecule has 16 heavy (non-hydrogen) atoms. The van der Waals surface area contributed by atoms with Crippen LogP contribution in [0.4, 0.5) is 5.69 Å². The molecule has 1 aliphatic heterocycles. The Morgan fingerprint density at radius 1 is 1.38 bits per heavy atom. The Labute approximate surface area is 95.0 Å². The predicted octanol–water partition coefficient (Wildman–Crippen LogP) is 1.56. The average Bonchev–Trinajstić information content (AvgIpc) is 2.53. The maximum absolute atomic E-state index is 11.7. The van der Waals surface area contributed by atoms with Crippen molar-refractivity contribution >= 4 is 17.3 Å². The fraction of sp³-hybridized carbons (Fsp3) is 0.333. The van der Waals surface area contributed by atoms with Gasteiger partial charge in [-0.05, 0) is 12.1 Å². The predicted molar refractivity (Wildman–Crippen MR) is 64.3 cm³/mol. The third-order valence-corrected chi connectivity index (χ3v) is 2.66. The van der Waals surface area contributed by atoms with E-state index in [1.165, 1.54) is 0 Å². The van der Waals surface area contributed by atoms with Crippen LogP contribution in [0.2, 0.25) is 0 Å². The van der Waals surface area contributed by atoms with E-state index in [1.807, 2.05) is 37.3 Å². The molecule has 2 rings (SSSR count). The van der Waals surface area contributed by atoms with E-state index in [4.69, 9.17) is 0 Å². The number of amides is 1. The molecule has 1 atom stereocenters. The Morgan fingerprint density at radius 2 is 2.06 bits per heavy atom. The summed E-state index contributed by atoms with van der Waals surface area (Å²) in [5.41, 5.74) is 4.40. The smallest absolute Gasteiger partial charge is 0.270 e. The zero-order valence-electron chi connectivity index (χ0n) is 9.47. The van der Waals surface area contributed by atoms with Gasteiger partial charge in [0.05, 0.1) is 5.69 Å². The molecule has 1 N–H and O–H groups in total. The number of nitrogens with one attached hydrogen (secondary N) is 1. The summed E-state index contributed by atoms with van der Waals surface area (Å²) < 4.78 is 0. The van der Waals surface area contributed by atoms with E-state index in [2.05, 4.69) is 10.5 Å². The summed E-state index contributed by atoms with van der Waals surface area (Å²) in [6.45, 7) is 2.75. The summed E-state index contributed by atoms with van der Waals surface area (Å²) in [6, 6.07) is 9.62. The minimum Gasteiger partial charge on any atom is -0.340 e. The lowest BCUT2D eigenvalue weighted by molar-refractivity contribution is -0.121. The summed E-state index contributed by atoms with van der Waals surface area (Å²) in [5, 5.41) is 4.18. The lowest BCUT2D eigenvalue weighted by atomic mass is 10.1. The Morgan fingerprint density at radius 3 is 2.62 bits per heavy atom. The van der Waals surface area contributed by atoms with Gasteiger partial charge in [0.2, 0.25) is 0 Å². The van der Waals surface area contributed by atoms with Crippen LogP contribution < -0.4 is 5.43 Å². The van der Waals surface area contributed by atoms with Gasteiger partial charge in [0.1, 0.15) is 5.71 Å². The van der Waals surface area contributed by atoms with Crippen molar-refractivity contribution in [1.29, 1.82) is 0 Å². The van der Waals surface area contributed by atoms with E-state index in [0.717, 1.165) is 12.2 Å². The topological polar surface area (TPSA) is 44.7 Å². The van der Waals surface area contributed by atoms with Crippen LogP contribution >= 0.6 is 0 Å². The molecule has 1 aromatic rings. The third kappa shape index (κ3) is 2.05. The van der Waals surface area contributed by atoms with Gasteiger partial charge in [-0.25, -0.2) is 0 Å². The van der Waals surface area contributed by atoms with Crippen LogP contribution in [0.25, 0.3) is 0 Å². The Bertz CT molecular complexity index is 414. The van der Waals surface area contributed by atoms with E-state index in [1.54, 1.807) is 11.9 Å². The van der Waals surface area contributed by atoms with Crippen LogP contribution in [0.3, 0.4) is 0 Å². The molecular weight excluding hydrogens is 202 g/mol. The molecule has 4 nitrogen and oxygen atoms in total. The SMILES string of the molecule is CC1CN(C)C(=O)C1=NNc1ccccc1. The molecule has 0 saturated carbocycles. The largest absolute Gasteiger partial charge is 0.340 e. The summed E-state index contributed by atoms with van der Waals surface area (Å²) >= 11 is 0. The average molecular weight is 217 g/mol. The van der Waals surface area contributed by atoms with E-state index in [9.17, 15) is 4.79 Å². The van der Waals surface area contributed by atoms with Crippen molar-refractivity contribution < 1.29 is 4.79 Å². The molecule has 1 unspecified atom stereocenters. The number of rotatable bonds is 2.